The Hall–Kier alpha value is -2.24. The molecule has 0 aliphatic heterocycles. The fourth-order valence-electron chi connectivity index (χ4n) is 1.50. The van der Waals surface area contributed by atoms with Crippen LogP contribution in [0.2, 0.25) is 0 Å². The summed E-state index contributed by atoms with van der Waals surface area (Å²) in [4.78, 5) is 23.0. The van der Waals surface area contributed by atoms with E-state index in [4.69, 9.17) is 15.2 Å². The van der Waals surface area contributed by atoms with Crippen LogP contribution in [0.4, 0.5) is 5.69 Å². The first kappa shape index (κ1) is 14.8. The third kappa shape index (κ3) is 4.17. The van der Waals surface area contributed by atoms with Gasteiger partial charge in [0.2, 0.25) is 5.91 Å². The van der Waals surface area contributed by atoms with Crippen molar-refractivity contribution < 1.29 is 19.1 Å². The highest BCUT2D eigenvalue weighted by Crippen LogP contribution is 2.25. The first-order valence-corrected chi connectivity index (χ1v) is 5.96. The molecule has 0 heterocycles. The topological polar surface area (TPSA) is 90.6 Å². The van der Waals surface area contributed by atoms with Gasteiger partial charge in [0.05, 0.1) is 24.8 Å². The second-order valence-corrected chi connectivity index (χ2v) is 3.76. The zero-order valence-electron chi connectivity index (χ0n) is 11.1. The molecule has 0 bridgehead atoms. The van der Waals surface area contributed by atoms with Crippen molar-refractivity contribution in [1.29, 1.82) is 0 Å². The Morgan fingerprint density at radius 1 is 1.37 bits per heavy atom. The van der Waals surface area contributed by atoms with Gasteiger partial charge in [-0.15, -0.1) is 0 Å². The summed E-state index contributed by atoms with van der Waals surface area (Å²) in [7, 11) is 1.47. The number of amides is 1. The van der Waals surface area contributed by atoms with Gasteiger partial charge in [-0.3, -0.25) is 4.79 Å². The van der Waals surface area contributed by atoms with Crippen LogP contribution in [0.3, 0.4) is 0 Å². The standard InChI is InChI=1S/C13H18N2O4/c1-3-15-11(16)7-8-19-13(17)9-5-4-6-10(18-2)12(9)14/h4-6H,3,7-8,14H2,1-2H3,(H,15,16). The van der Waals surface area contributed by atoms with Gasteiger partial charge in [-0.05, 0) is 19.1 Å². The van der Waals surface area contributed by atoms with Gasteiger partial charge < -0.3 is 20.5 Å². The number of nitrogen functional groups attached to an aromatic ring is 1. The Morgan fingerprint density at radius 2 is 2.11 bits per heavy atom. The average Bonchev–Trinajstić information content (AvgIpc) is 2.39. The van der Waals surface area contributed by atoms with E-state index in [0.717, 1.165) is 0 Å². The lowest BCUT2D eigenvalue weighted by Crippen LogP contribution is -2.24. The predicted molar refractivity (Wildman–Crippen MR) is 71.0 cm³/mol. The molecule has 1 aromatic carbocycles. The van der Waals surface area contributed by atoms with Crippen LogP contribution in [-0.4, -0.2) is 32.1 Å². The highest BCUT2D eigenvalue weighted by atomic mass is 16.5. The SMILES string of the molecule is CCNC(=O)CCOC(=O)c1cccc(OC)c1N. The number of hydrogen-bond acceptors (Lipinski definition) is 5. The van der Waals surface area contributed by atoms with Crippen LogP contribution in [0.5, 0.6) is 5.75 Å². The molecule has 0 saturated carbocycles. The second kappa shape index (κ2) is 7.25. The molecule has 1 aromatic rings. The van der Waals surface area contributed by atoms with Gasteiger partial charge in [0.1, 0.15) is 12.4 Å². The first-order chi connectivity index (χ1) is 9.10. The number of hydrogen-bond donors (Lipinski definition) is 2. The predicted octanol–water partition coefficient (Wildman–Crippen LogP) is 0.960. The molecule has 0 aliphatic carbocycles. The van der Waals surface area contributed by atoms with Crippen LogP contribution in [0.25, 0.3) is 0 Å². The number of anilines is 1. The molecule has 0 saturated heterocycles. The highest BCUT2D eigenvalue weighted by Gasteiger charge is 2.14. The molecule has 1 amide bonds. The van der Waals surface area contributed by atoms with Crippen LogP contribution in [0.15, 0.2) is 18.2 Å². The van der Waals surface area contributed by atoms with Crippen LogP contribution < -0.4 is 15.8 Å². The zero-order chi connectivity index (χ0) is 14.3. The Bertz CT molecular complexity index is 460. The summed E-state index contributed by atoms with van der Waals surface area (Å²) in [5.41, 5.74) is 6.23. The van der Waals surface area contributed by atoms with Crippen LogP contribution in [0, 0.1) is 0 Å². The number of nitrogens with two attached hydrogens (primary N) is 1. The summed E-state index contributed by atoms with van der Waals surface area (Å²) in [5.74, 6) is -0.312. The normalized spacial score (nSPS) is 9.79. The van der Waals surface area contributed by atoms with Crippen molar-refractivity contribution in [3.63, 3.8) is 0 Å². The van der Waals surface area contributed by atoms with E-state index < -0.39 is 5.97 Å². The van der Waals surface area contributed by atoms with Crippen LogP contribution >= 0.6 is 0 Å². The quantitative estimate of drug-likeness (QED) is 0.591. The molecule has 6 heteroatoms. The fourth-order valence-corrected chi connectivity index (χ4v) is 1.50. The van der Waals surface area contributed by atoms with E-state index in [0.29, 0.717) is 12.3 Å². The van der Waals surface area contributed by atoms with E-state index in [2.05, 4.69) is 5.32 Å². The molecule has 0 aromatic heterocycles. The number of carbonyl (C=O) groups is 2. The molecule has 3 N–H and O–H groups in total. The second-order valence-electron chi connectivity index (χ2n) is 3.76. The lowest BCUT2D eigenvalue weighted by Gasteiger charge is -2.09. The minimum atomic E-state index is -0.569. The van der Waals surface area contributed by atoms with E-state index in [9.17, 15) is 9.59 Å². The fraction of sp³-hybridized carbons (Fsp3) is 0.385. The average molecular weight is 266 g/mol. The lowest BCUT2D eigenvalue weighted by molar-refractivity contribution is -0.121. The summed E-state index contributed by atoms with van der Waals surface area (Å²) in [6.45, 7) is 2.39. The number of para-hydroxylation sites is 1. The van der Waals surface area contributed by atoms with Gasteiger partial charge >= 0.3 is 5.97 Å². The van der Waals surface area contributed by atoms with Crippen molar-refractivity contribution in [2.75, 3.05) is 26.0 Å². The molecule has 0 aliphatic rings. The summed E-state index contributed by atoms with van der Waals surface area (Å²) in [6, 6.07) is 4.85. The molecule has 1 rings (SSSR count). The third-order valence-electron chi connectivity index (χ3n) is 2.44. The smallest absolute Gasteiger partial charge is 0.340 e. The van der Waals surface area contributed by atoms with E-state index in [1.165, 1.54) is 7.11 Å². The maximum absolute atomic E-state index is 11.8. The number of rotatable bonds is 6. The zero-order valence-corrected chi connectivity index (χ0v) is 11.1. The van der Waals surface area contributed by atoms with Crippen molar-refractivity contribution >= 4 is 17.6 Å². The molecule has 0 spiro atoms. The van der Waals surface area contributed by atoms with Gasteiger partial charge in [-0.2, -0.15) is 0 Å². The number of esters is 1. The number of methoxy groups -OCH3 is 1. The van der Waals surface area contributed by atoms with Crippen LogP contribution in [-0.2, 0) is 9.53 Å². The van der Waals surface area contributed by atoms with Gasteiger partial charge in [0.25, 0.3) is 0 Å². The maximum Gasteiger partial charge on any atom is 0.340 e. The van der Waals surface area contributed by atoms with E-state index in [1.54, 1.807) is 18.2 Å². The van der Waals surface area contributed by atoms with E-state index >= 15 is 0 Å². The monoisotopic (exact) mass is 266 g/mol. The van der Waals surface area contributed by atoms with Gasteiger partial charge in [0.15, 0.2) is 0 Å². The van der Waals surface area contributed by atoms with Crippen molar-refractivity contribution in [3.05, 3.63) is 23.8 Å². The van der Waals surface area contributed by atoms with Gasteiger partial charge in [0, 0.05) is 6.54 Å². The number of ether oxygens (including phenoxy) is 2. The van der Waals surface area contributed by atoms with E-state index in [1.807, 2.05) is 6.92 Å². The molecular weight excluding hydrogens is 248 g/mol. The van der Waals surface area contributed by atoms with Gasteiger partial charge in [-0.25, -0.2) is 4.79 Å². The molecule has 0 unspecified atom stereocenters. The molecule has 0 fully saturated rings. The molecule has 0 atom stereocenters. The molecule has 19 heavy (non-hydrogen) atoms. The first-order valence-electron chi connectivity index (χ1n) is 5.96. The Labute approximate surface area is 111 Å². The summed E-state index contributed by atoms with van der Waals surface area (Å²) < 4.78 is 10.0. The summed E-state index contributed by atoms with van der Waals surface area (Å²) >= 11 is 0. The van der Waals surface area contributed by atoms with Crippen molar-refractivity contribution in [1.82, 2.24) is 5.32 Å². The summed E-state index contributed by atoms with van der Waals surface area (Å²) in [5, 5.41) is 2.61. The lowest BCUT2D eigenvalue weighted by atomic mass is 10.1. The summed E-state index contributed by atoms with van der Waals surface area (Å²) in [6.07, 6.45) is 0.128. The molecule has 0 radical (unpaired) electrons. The molecule has 6 nitrogen and oxygen atoms in total. The number of carbonyl (C=O) groups excluding carboxylic acids is 2. The van der Waals surface area contributed by atoms with Gasteiger partial charge in [-0.1, -0.05) is 6.07 Å². The largest absolute Gasteiger partial charge is 0.495 e. The Balaban J connectivity index is 2.57. The van der Waals surface area contributed by atoms with Crippen molar-refractivity contribution in [3.8, 4) is 5.75 Å². The molecule has 104 valence electrons. The minimum Gasteiger partial charge on any atom is -0.495 e. The number of benzene rings is 1. The maximum atomic E-state index is 11.8. The van der Waals surface area contributed by atoms with Crippen LogP contribution in [0.1, 0.15) is 23.7 Å². The third-order valence-corrected chi connectivity index (χ3v) is 2.44. The van der Waals surface area contributed by atoms with Crippen molar-refractivity contribution in [2.45, 2.75) is 13.3 Å². The van der Waals surface area contributed by atoms with Crippen molar-refractivity contribution in [2.24, 2.45) is 0 Å². The Morgan fingerprint density at radius 3 is 2.74 bits per heavy atom. The minimum absolute atomic E-state index is 0.0152. The Kier molecular flexibility index (Phi) is 5.66. The van der Waals surface area contributed by atoms with E-state index in [-0.39, 0.29) is 30.2 Å². The highest BCUT2D eigenvalue weighted by molar-refractivity contribution is 5.96. The number of nitrogens with one attached hydrogen (secondary N) is 1. The molecular formula is C13H18N2O4.